The lowest BCUT2D eigenvalue weighted by Crippen LogP contribution is -2.49. The highest BCUT2D eigenvalue weighted by Gasteiger charge is 2.26. The van der Waals surface area contributed by atoms with Crippen molar-refractivity contribution in [2.45, 2.75) is 0 Å². The van der Waals surface area contributed by atoms with Gasteiger partial charge in [-0.1, -0.05) is 48.0 Å². The van der Waals surface area contributed by atoms with Crippen molar-refractivity contribution in [2.75, 3.05) is 31.1 Å². The molecule has 5 rings (SSSR count). The maximum Gasteiger partial charge on any atom is 0.292 e. The molecule has 0 aliphatic carbocycles. The number of aromatic nitrogens is 3. The van der Waals surface area contributed by atoms with Crippen LogP contribution in [-0.2, 0) is 0 Å². The van der Waals surface area contributed by atoms with Gasteiger partial charge in [0.15, 0.2) is 0 Å². The van der Waals surface area contributed by atoms with Crippen molar-refractivity contribution in [1.82, 2.24) is 19.7 Å². The molecule has 1 fully saturated rings. The van der Waals surface area contributed by atoms with E-state index in [-0.39, 0.29) is 16.5 Å². The van der Waals surface area contributed by atoms with Crippen LogP contribution in [0.1, 0.15) is 10.4 Å². The van der Waals surface area contributed by atoms with Gasteiger partial charge in [-0.3, -0.25) is 14.6 Å². The fraction of sp³-hybridized carbons (Fsp3) is 0.167. The van der Waals surface area contributed by atoms with E-state index >= 15 is 0 Å². The number of fused-ring (bicyclic) bond motifs is 1. The Bertz CT molecular complexity index is 1340. The first kappa shape index (κ1) is 20.2. The zero-order valence-electron chi connectivity index (χ0n) is 17.2. The highest BCUT2D eigenvalue weighted by molar-refractivity contribution is 6.33. The molecule has 3 heterocycles. The molecule has 1 amide bonds. The third-order valence-corrected chi connectivity index (χ3v) is 6.03. The van der Waals surface area contributed by atoms with E-state index in [0.29, 0.717) is 48.6 Å². The van der Waals surface area contributed by atoms with Crippen molar-refractivity contribution in [2.24, 2.45) is 0 Å². The van der Waals surface area contributed by atoms with Gasteiger partial charge in [-0.2, -0.15) is 9.78 Å². The molecule has 7 nitrogen and oxygen atoms in total. The van der Waals surface area contributed by atoms with Crippen LogP contribution in [0.15, 0.2) is 77.9 Å². The summed E-state index contributed by atoms with van der Waals surface area (Å²) in [6, 6.07) is 18.6. The summed E-state index contributed by atoms with van der Waals surface area (Å²) in [4.78, 5) is 34.1. The number of hydrogen-bond acceptors (Lipinski definition) is 5. The van der Waals surface area contributed by atoms with Gasteiger partial charge in [0.05, 0.1) is 28.7 Å². The van der Waals surface area contributed by atoms with Gasteiger partial charge in [0.1, 0.15) is 5.02 Å². The number of nitrogens with zero attached hydrogens (tertiary/aromatic N) is 5. The Labute approximate surface area is 189 Å². The number of amides is 1. The van der Waals surface area contributed by atoms with Crippen molar-refractivity contribution < 1.29 is 4.79 Å². The molecule has 32 heavy (non-hydrogen) atoms. The van der Waals surface area contributed by atoms with Crippen molar-refractivity contribution in [3.05, 3.63) is 94.0 Å². The molecule has 2 aromatic heterocycles. The minimum atomic E-state index is -0.365. The summed E-state index contributed by atoms with van der Waals surface area (Å²) in [6.07, 6.45) is 3.31. The number of para-hydroxylation sites is 2. The van der Waals surface area contributed by atoms with Crippen LogP contribution in [0.25, 0.3) is 16.6 Å². The standard InChI is InChI=1S/C24H20ClN5O2/c25-21-20(16-27-30(24(21)32)18-8-2-1-3-9-18)28-12-14-29(15-13-28)23(31)19-10-4-6-17-7-5-11-26-22(17)19/h1-11,16H,12-15H2. The molecule has 4 aromatic rings. The second-order valence-electron chi connectivity index (χ2n) is 7.56. The summed E-state index contributed by atoms with van der Waals surface area (Å²) in [6.45, 7) is 2.14. The smallest absolute Gasteiger partial charge is 0.292 e. The SMILES string of the molecule is O=C(c1cccc2cccnc12)N1CCN(c2cnn(-c3ccccc3)c(=O)c2Cl)CC1. The topological polar surface area (TPSA) is 71.3 Å². The van der Waals surface area contributed by atoms with Gasteiger partial charge < -0.3 is 9.80 Å². The maximum absolute atomic E-state index is 13.2. The van der Waals surface area contributed by atoms with Gasteiger partial charge in [-0.15, -0.1) is 0 Å². The predicted molar refractivity (Wildman–Crippen MR) is 125 cm³/mol. The molecule has 0 spiro atoms. The van der Waals surface area contributed by atoms with E-state index in [1.54, 1.807) is 24.5 Å². The van der Waals surface area contributed by atoms with Gasteiger partial charge in [0, 0.05) is 37.8 Å². The fourth-order valence-electron chi connectivity index (χ4n) is 4.00. The van der Waals surface area contributed by atoms with E-state index < -0.39 is 0 Å². The van der Waals surface area contributed by atoms with Crippen molar-refractivity contribution in [3.8, 4) is 5.69 Å². The number of benzene rings is 2. The normalized spacial score (nSPS) is 14.0. The van der Waals surface area contributed by atoms with Gasteiger partial charge in [0.2, 0.25) is 0 Å². The molecule has 160 valence electrons. The molecule has 1 aliphatic heterocycles. The summed E-state index contributed by atoms with van der Waals surface area (Å²) in [5.41, 5.74) is 2.18. The zero-order valence-corrected chi connectivity index (χ0v) is 17.9. The monoisotopic (exact) mass is 445 g/mol. The van der Waals surface area contributed by atoms with E-state index in [0.717, 1.165) is 5.39 Å². The third kappa shape index (κ3) is 3.61. The lowest BCUT2D eigenvalue weighted by Gasteiger charge is -2.36. The van der Waals surface area contributed by atoms with Crippen molar-refractivity contribution in [1.29, 1.82) is 0 Å². The molecule has 8 heteroatoms. The molecule has 0 atom stereocenters. The van der Waals surface area contributed by atoms with Crippen LogP contribution in [0.2, 0.25) is 5.02 Å². The van der Waals surface area contributed by atoms with E-state index in [4.69, 9.17) is 11.6 Å². The van der Waals surface area contributed by atoms with Crippen LogP contribution in [0.4, 0.5) is 5.69 Å². The summed E-state index contributed by atoms with van der Waals surface area (Å²) in [5, 5.41) is 5.38. The lowest BCUT2D eigenvalue weighted by molar-refractivity contribution is 0.0748. The number of piperazine rings is 1. The molecular weight excluding hydrogens is 426 g/mol. The summed E-state index contributed by atoms with van der Waals surface area (Å²) in [5.74, 6) is -0.0438. The Balaban J connectivity index is 1.34. The molecule has 0 saturated carbocycles. The first-order valence-corrected chi connectivity index (χ1v) is 10.7. The fourth-order valence-corrected chi connectivity index (χ4v) is 4.24. The number of hydrogen-bond donors (Lipinski definition) is 0. The maximum atomic E-state index is 13.2. The van der Waals surface area contributed by atoms with E-state index in [1.165, 1.54) is 4.68 Å². The van der Waals surface area contributed by atoms with E-state index in [9.17, 15) is 9.59 Å². The molecule has 0 unspecified atom stereocenters. The second kappa shape index (κ2) is 8.43. The Kier molecular flexibility index (Phi) is 5.33. The quantitative estimate of drug-likeness (QED) is 0.483. The number of pyridine rings is 1. The highest BCUT2D eigenvalue weighted by Crippen LogP contribution is 2.24. The first-order chi connectivity index (χ1) is 15.6. The zero-order chi connectivity index (χ0) is 22.1. The largest absolute Gasteiger partial charge is 0.365 e. The summed E-state index contributed by atoms with van der Waals surface area (Å²) in [7, 11) is 0. The van der Waals surface area contributed by atoms with Crippen LogP contribution >= 0.6 is 11.6 Å². The van der Waals surface area contributed by atoms with Crippen LogP contribution in [0, 0.1) is 0 Å². The molecule has 2 aromatic carbocycles. The number of anilines is 1. The van der Waals surface area contributed by atoms with Crippen LogP contribution in [0.5, 0.6) is 0 Å². The Morgan fingerprint density at radius 3 is 2.44 bits per heavy atom. The van der Waals surface area contributed by atoms with E-state index in [2.05, 4.69) is 10.1 Å². The number of halogens is 1. The van der Waals surface area contributed by atoms with Crippen LogP contribution in [-0.4, -0.2) is 51.8 Å². The predicted octanol–water partition coefficient (Wildman–Crippen LogP) is 3.40. The molecule has 0 N–H and O–H groups in total. The summed E-state index contributed by atoms with van der Waals surface area (Å²) >= 11 is 6.44. The van der Waals surface area contributed by atoms with Crippen LogP contribution in [0.3, 0.4) is 0 Å². The molecule has 0 radical (unpaired) electrons. The highest BCUT2D eigenvalue weighted by atomic mass is 35.5. The van der Waals surface area contributed by atoms with Crippen molar-refractivity contribution in [3.63, 3.8) is 0 Å². The first-order valence-electron chi connectivity index (χ1n) is 10.3. The Hall–Kier alpha value is -3.71. The van der Waals surface area contributed by atoms with Gasteiger partial charge >= 0.3 is 0 Å². The average Bonchev–Trinajstić information content (AvgIpc) is 2.85. The number of carbonyl (C=O) groups excluding carboxylic acids is 1. The number of carbonyl (C=O) groups is 1. The van der Waals surface area contributed by atoms with Crippen molar-refractivity contribution >= 4 is 34.1 Å². The van der Waals surface area contributed by atoms with Gasteiger partial charge in [-0.05, 0) is 24.3 Å². The molecule has 1 aliphatic rings. The lowest BCUT2D eigenvalue weighted by atomic mass is 10.1. The Morgan fingerprint density at radius 1 is 0.906 bits per heavy atom. The van der Waals surface area contributed by atoms with Crippen LogP contribution < -0.4 is 10.5 Å². The third-order valence-electron chi connectivity index (χ3n) is 5.67. The molecular formula is C24H20ClN5O2. The number of rotatable bonds is 3. The molecule has 0 bridgehead atoms. The average molecular weight is 446 g/mol. The minimum absolute atomic E-state index is 0.0438. The van der Waals surface area contributed by atoms with Gasteiger partial charge in [0.25, 0.3) is 11.5 Å². The molecule has 1 saturated heterocycles. The Morgan fingerprint density at radius 2 is 1.66 bits per heavy atom. The van der Waals surface area contributed by atoms with E-state index in [1.807, 2.05) is 58.3 Å². The minimum Gasteiger partial charge on any atom is -0.365 e. The van der Waals surface area contributed by atoms with Gasteiger partial charge in [-0.25, -0.2) is 0 Å². The second-order valence-corrected chi connectivity index (χ2v) is 7.93. The summed E-state index contributed by atoms with van der Waals surface area (Å²) < 4.78 is 1.29.